The number of carbonyl (C=O) groups is 1. The van der Waals surface area contributed by atoms with Gasteiger partial charge in [-0.15, -0.1) is 16.4 Å². The molecular weight excluding hydrogens is 374 g/mol. The molecule has 8 nitrogen and oxygen atoms in total. The monoisotopic (exact) mass is 391 g/mol. The summed E-state index contributed by atoms with van der Waals surface area (Å²) >= 11 is 1.40. The molecule has 0 aliphatic rings. The zero-order valence-electron chi connectivity index (χ0n) is 15.5. The van der Waals surface area contributed by atoms with Gasteiger partial charge in [0.2, 0.25) is 0 Å². The maximum Gasteiger partial charge on any atom is 0.277 e. The van der Waals surface area contributed by atoms with Crippen molar-refractivity contribution in [3.05, 3.63) is 64.6 Å². The fourth-order valence-corrected chi connectivity index (χ4v) is 3.67. The van der Waals surface area contributed by atoms with Crippen LogP contribution >= 0.6 is 11.3 Å². The van der Waals surface area contributed by atoms with E-state index in [1.807, 2.05) is 39.0 Å². The average Bonchev–Trinajstić information content (AvgIpc) is 3.28. The Balaban J connectivity index is 1.61. The normalized spacial score (nSPS) is 10.8. The second kappa shape index (κ2) is 7.28. The summed E-state index contributed by atoms with van der Waals surface area (Å²) in [6.07, 6.45) is 3.03. The van der Waals surface area contributed by atoms with Gasteiger partial charge in [-0.3, -0.25) is 15.1 Å². The highest BCUT2D eigenvalue weighted by molar-refractivity contribution is 7.16. The van der Waals surface area contributed by atoms with Gasteiger partial charge in [-0.05, 0) is 50.6 Å². The molecule has 0 aliphatic carbocycles. The third-order valence-corrected chi connectivity index (χ3v) is 4.89. The summed E-state index contributed by atoms with van der Waals surface area (Å²) in [7, 11) is 0. The molecule has 0 aliphatic heterocycles. The number of nitrogens with zero attached hydrogens (tertiary/aromatic N) is 6. The van der Waals surface area contributed by atoms with Gasteiger partial charge in [0.15, 0.2) is 16.6 Å². The number of aromatic nitrogens is 6. The van der Waals surface area contributed by atoms with Crippen molar-refractivity contribution < 1.29 is 4.79 Å². The number of carbonyl (C=O) groups excluding carboxylic acids is 1. The van der Waals surface area contributed by atoms with Crippen LogP contribution in [-0.4, -0.2) is 35.9 Å². The Labute approximate surface area is 165 Å². The molecule has 0 radical (unpaired) electrons. The van der Waals surface area contributed by atoms with Gasteiger partial charge in [-0.25, -0.2) is 9.97 Å². The predicted octanol–water partition coefficient (Wildman–Crippen LogP) is 3.36. The van der Waals surface area contributed by atoms with Crippen molar-refractivity contribution in [1.29, 1.82) is 0 Å². The van der Waals surface area contributed by atoms with Crippen LogP contribution in [0.15, 0.2) is 42.7 Å². The van der Waals surface area contributed by atoms with Crippen LogP contribution < -0.4 is 5.32 Å². The Kier molecular flexibility index (Phi) is 4.66. The summed E-state index contributed by atoms with van der Waals surface area (Å²) in [5.41, 5.74) is 3.89. The van der Waals surface area contributed by atoms with E-state index in [4.69, 9.17) is 0 Å². The number of anilines is 1. The lowest BCUT2D eigenvalue weighted by atomic mass is 10.2. The molecule has 4 aromatic heterocycles. The van der Waals surface area contributed by atoms with Crippen molar-refractivity contribution in [2.24, 2.45) is 0 Å². The molecule has 0 bridgehead atoms. The Morgan fingerprint density at radius 3 is 2.75 bits per heavy atom. The third-order valence-electron chi connectivity index (χ3n) is 4.01. The zero-order valence-corrected chi connectivity index (χ0v) is 16.4. The summed E-state index contributed by atoms with van der Waals surface area (Å²) in [4.78, 5) is 27.1. The highest BCUT2D eigenvalue weighted by atomic mass is 32.1. The van der Waals surface area contributed by atoms with E-state index >= 15 is 0 Å². The molecule has 140 valence electrons. The molecule has 0 fully saturated rings. The minimum absolute atomic E-state index is 0.276. The lowest BCUT2D eigenvalue weighted by Gasteiger charge is -2.04. The van der Waals surface area contributed by atoms with Crippen LogP contribution in [0.3, 0.4) is 0 Å². The van der Waals surface area contributed by atoms with E-state index in [9.17, 15) is 4.79 Å². The Morgan fingerprint density at radius 2 is 2.00 bits per heavy atom. The van der Waals surface area contributed by atoms with Crippen molar-refractivity contribution in [2.45, 2.75) is 20.8 Å². The molecule has 0 saturated carbocycles. The number of pyridine rings is 2. The molecule has 0 saturated heterocycles. The van der Waals surface area contributed by atoms with E-state index in [2.05, 4.69) is 30.6 Å². The van der Waals surface area contributed by atoms with E-state index in [0.29, 0.717) is 10.9 Å². The van der Waals surface area contributed by atoms with E-state index in [1.165, 1.54) is 22.2 Å². The van der Waals surface area contributed by atoms with Crippen LogP contribution in [0.5, 0.6) is 0 Å². The second-order valence-corrected chi connectivity index (χ2v) is 7.47. The van der Waals surface area contributed by atoms with Gasteiger partial charge >= 0.3 is 0 Å². The highest BCUT2D eigenvalue weighted by Gasteiger charge is 2.18. The molecule has 0 aromatic carbocycles. The Morgan fingerprint density at radius 1 is 1.14 bits per heavy atom. The van der Waals surface area contributed by atoms with Crippen LogP contribution in [0.1, 0.15) is 26.6 Å². The SMILES string of the molecule is Cc1cc(C)nc(-c2nc(NC(=O)c3cnnn3-c3ccccn3)sc2C)c1. The molecule has 4 heterocycles. The first kappa shape index (κ1) is 17.9. The van der Waals surface area contributed by atoms with Crippen LogP contribution in [-0.2, 0) is 0 Å². The minimum Gasteiger partial charge on any atom is -0.296 e. The largest absolute Gasteiger partial charge is 0.296 e. The molecule has 0 unspecified atom stereocenters. The molecule has 1 amide bonds. The maximum absolute atomic E-state index is 12.7. The number of amides is 1. The van der Waals surface area contributed by atoms with Crippen LogP contribution in [0, 0.1) is 20.8 Å². The maximum atomic E-state index is 12.7. The quantitative estimate of drug-likeness (QED) is 0.573. The number of nitrogens with one attached hydrogen (secondary N) is 1. The lowest BCUT2D eigenvalue weighted by Crippen LogP contribution is -2.17. The van der Waals surface area contributed by atoms with E-state index < -0.39 is 0 Å². The van der Waals surface area contributed by atoms with Gasteiger partial charge in [0.25, 0.3) is 5.91 Å². The summed E-state index contributed by atoms with van der Waals surface area (Å²) in [6.45, 7) is 5.93. The highest BCUT2D eigenvalue weighted by Crippen LogP contribution is 2.30. The molecule has 1 N–H and O–H groups in total. The van der Waals surface area contributed by atoms with Crippen LogP contribution in [0.4, 0.5) is 5.13 Å². The molecule has 4 rings (SSSR count). The van der Waals surface area contributed by atoms with Crippen molar-refractivity contribution >= 4 is 22.4 Å². The van der Waals surface area contributed by atoms with Gasteiger partial charge in [-0.1, -0.05) is 11.3 Å². The van der Waals surface area contributed by atoms with Crippen LogP contribution in [0.25, 0.3) is 17.2 Å². The fraction of sp³-hybridized carbons (Fsp3) is 0.158. The molecule has 0 spiro atoms. The summed E-state index contributed by atoms with van der Waals surface area (Å²) < 4.78 is 1.39. The van der Waals surface area contributed by atoms with Gasteiger partial charge in [-0.2, -0.15) is 4.68 Å². The van der Waals surface area contributed by atoms with Crippen molar-refractivity contribution in [2.75, 3.05) is 5.32 Å². The first-order valence-corrected chi connectivity index (χ1v) is 9.39. The number of thiazole rings is 1. The van der Waals surface area contributed by atoms with Crippen molar-refractivity contribution in [3.63, 3.8) is 0 Å². The van der Waals surface area contributed by atoms with E-state index in [-0.39, 0.29) is 11.6 Å². The zero-order chi connectivity index (χ0) is 19.7. The molecule has 4 aromatic rings. The van der Waals surface area contributed by atoms with E-state index in [1.54, 1.807) is 18.3 Å². The molecule has 0 atom stereocenters. The van der Waals surface area contributed by atoms with Crippen molar-refractivity contribution in [3.8, 4) is 17.2 Å². The Hall–Kier alpha value is -3.46. The first-order chi connectivity index (χ1) is 13.5. The first-order valence-electron chi connectivity index (χ1n) is 8.58. The van der Waals surface area contributed by atoms with Crippen LogP contribution in [0.2, 0.25) is 0 Å². The number of hydrogen-bond donors (Lipinski definition) is 1. The number of aryl methyl sites for hydroxylation is 3. The van der Waals surface area contributed by atoms with Gasteiger partial charge in [0, 0.05) is 16.8 Å². The molecular formula is C19H17N7OS. The summed E-state index contributed by atoms with van der Waals surface area (Å²) in [5.74, 6) is 0.157. The van der Waals surface area contributed by atoms with Gasteiger partial charge < -0.3 is 0 Å². The fourth-order valence-electron chi connectivity index (χ4n) is 2.85. The van der Waals surface area contributed by atoms with E-state index in [0.717, 1.165) is 27.5 Å². The second-order valence-electron chi connectivity index (χ2n) is 6.27. The average molecular weight is 391 g/mol. The Bertz CT molecular complexity index is 1130. The summed E-state index contributed by atoms with van der Waals surface area (Å²) in [6, 6.07) is 9.36. The predicted molar refractivity (Wildman–Crippen MR) is 107 cm³/mol. The molecule has 9 heteroatoms. The van der Waals surface area contributed by atoms with Gasteiger partial charge in [0.1, 0.15) is 5.69 Å². The number of rotatable bonds is 4. The smallest absolute Gasteiger partial charge is 0.277 e. The standard InChI is InChI=1S/C19H17N7OS/c1-11-8-12(2)22-14(9-11)17-13(3)28-19(23-17)24-18(27)15-10-21-25-26(15)16-6-4-5-7-20-16/h4-10H,1-3H3,(H,23,24,27). The number of hydrogen-bond acceptors (Lipinski definition) is 7. The topological polar surface area (TPSA) is 98.5 Å². The molecule has 28 heavy (non-hydrogen) atoms. The van der Waals surface area contributed by atoms with Gasteiger partial charge in [0.05, 0.1) is 11.9 Å². The summed E-state index contributed by atoms with van der Waals surface area (Å²) in [5, 5.41) is 11.1. The third kappa shape index (κ3) is 3.52. The minimum atomic E-state index is -0.357. The lowest BCUT2D eigenvalue weighted by molar-refractivity contribution is 0.101. The van der Waals surface area contributed by atoms with Crippen molar-refractivity contribution in [1.82, 2.24) is 29.9 Å².